The monoisotopic (exact) mass is 509 g/mol. The van der Waals surface area contributed by atoms with Gasteiger partial charge in [-0.2, -0.15) is 0 Å². The van der Waals surface area contributed by atoms with Gasteiger partial charge in [-0.3, -0.25) is 4.79 Å². The molecule has 0 bridgehead atoms. The first-order valence-corrected chi connectivity index (χ1v) is 12.3. The van der Waals surface area contributed by atoms with E-state index < -0.39 is 0 Å². The van der Waals surface area contributed by atoms with Gasteiger partial charge in [-0.15, -0.1) is 5.10 Å². The van der Waals surface area contributed by atoms with Crippen LogP contribution in [0.3, 0.4) is 0 Å². The molecule has 11 heteroatoms. The minimum absolute atomic E-state index is 0.0672. The van der Waals surface area contributed by atoms with Gasteiger partial charge in [-0.1, -0.05) is 26.0 Å². The summed E-state index contributed by atoms with van der Waals surface area (Å²) in [6, 6.07) is 11.5. The molecule has 1 unspecified atom stereocenters. The Hall–Kier alpha value is -3.83. The van der Waals surface area contributed by atoms with Gasteiger partial charge in [0.25, 0.3) is 5.56 Å². The van der Waals surface area contributed by atoms with Crippen molar-refractivity contribution in [3.63, 3.8) is 0 Å². The molecule has 3 heterocycles. The van der Waals surface area contributed by atoms with Crippen molar-refractivity contribution in [2.45, 2.75) is 33.0 Å². The van der Waals surface area contributed by atoms with Crippen LogP contribution in [0.15, 0.2) is 47.3 Å². The lowest BCUT2D eigenvalue weighted by Gasteiger charge is -2.30. The SMILES string of the molecule is CC(C)[C@H](c1nnnn1Cc1ccc(F)cc1)[NH+](CCO)Cc1cc2cc3c(cc2[nH]c1=O)OCCO3. The van der Waals surface area contributed by atoms with E-state index in [2.05, 4.69) is 34.4 Å². The summed E-state index contributed by atoms with van der Waals surface area (Å²) < 4.78 is 26.4. The summed E-state index contributed by atoms with van der Waals surface area (Å²) >= 11 is 0. The molecule has 2 aromatic carbocycles. The number of ether oxygens (including phenoxy) is 2. The highest BCUT2D eigenvalue weighted by molar-refractivity contribution is 5.83. The molecule has 1 aliphatic rings. The van der Waals surface area contributed by atoms with Crippen LogP contribution in [-0.4, -0.2) is 56.7 Å². The highest BCUT2D eigenvalue weighted by Crippen LogP contribution is 2.33. The number of pyridine rings is 1. The van der Waals surface area contributed by atoms with Crippen molar-refractivity contribution < 1.29 is 23.9 Å². The molecule has 4 aromatic rings. The van der Waals surface area contributed by atoms with Gasteiger partial charge >= 0.3 is 0 Å². The average molecular weight is 510 g/mol. The quantitative estimate of drug-likeness (QED) is 0.311. The Morgan fingerprint density at radius 1 is 1.14 bits per heavy atom. The normalized spacial score (nSPS) is 14.7. The first kappa shape index (κ1) is 24.8. The minimum Gasteiger partial charge on any atom is -0.486 e. The van der Waals surface area contributed by atoms with Crippen molar-refractivity contribution >= 4 is 10.9 Å². The van der Waals surface area contributed by atoms with E-state index in [0.29, 0.717) is 61.3 Å². The van der Waals surface area contributed by atoms with Gasteiger partial charge in [0.05, 0.1) is 24.2 Å². The number of aromatic nitrogens is 5. The zero-order valence-electron chi connectivity index (χ0n) is 20.8. The Morgan fingerprint density at radius 2 is 1.86 bits per heavy atom. The van der Waals surface area contributed by atoms with Gasteiger partial charge in [-0.25, -0.2) is 9.07 Å². The van der Waals surface area contributed by atoms with Gasteiger partial charge < -0.3 is 24.5 Å². The predicted molar refractivity (Wildman–Crippen MR) is 133 cm³/mol. The number of quaternary nitrogens is 1. The van der Waals surface area contributed by atoms with Gasteiger partial charge in [0.15, 0.2) is 17.5 Å². The van der Waals surface area contributed by atoms with Crippen LogP contribution in [0, 0.1) is 11.7 Å². The largest absolute Gasteiger partial charge is 0.486 e. The summed E-state index contributed by atoms with van der Waals surface area (Å²) in [5.41, 5.74) is 1.91. The summed E-state index contributed by atoms with van der Waals surface area (Å²) in [6.45, 7) is 6.13. The summed E-state index contributed by atoms with van der Waals surface area (Å²) in [4.78, 5) is 17.0. The molecule has 0 aliphatic carbocycles. The van der Waals surface area contributed by atoms with Gasteiger partial charge in [0, 0.05) is 17.4 Å². The van der Waals surface area contributed by atoms with Crippen LogP contribution < -0.4 is 19.9 Å². The van der Waals surface area contributed by atoms with Crippen LogP contribution in [0.4, 0.5) is 4.39 Å². The molecule has 194 valence electrons. The zero-order valence-corrected chi connectivity index (χ0v) is 20.8. The molecule has 5 rings (SSSR count). The molecular weight excluding hydrogens is 479 g/mol. The Labute approximate surface area is 212 Å². The number of benzene rings is 2. The molecule has 37 heavy (non-hydrogen) atoms. The van der Waals surface area contributed by atoms with Crippen LogP contribution in [-0.2, 0) is 13.1 Å². The number of tetrazole rings is 1. The fraction of sp³-hybridized carbons (Fsp3) is 0.385. The maximum Gasteiger partial charge on any atom is 0.257 e. The summed E-state index contributed by atoms with van der Waals surface area (Å²) in [5, 5.41) is 23.2. The lowest BCUT2D eigenvalue weighted by Crippen LogP contribution is -3.12. The Balaban J connectivity index is 1.47. The first-order valence-electron chi connectivity index (χ1n) is 12.3. The molecular formula is C26H30FN6O4+. The Kier molecular flexibility index (Phi) is 7.15. The van der Waals surface area contributed by atoms with Crippen molar-refractivity contribution in [3.8, 4) is 11.5 Å². The second kappa shape index (κ2) is 10.7. The van der Waals surface area contributed by atoms with Crippen molar-refractivity contribution in [3.05, 3.63) is 75.6 Å². The fourth-order valence-corrected chi connectivity index (χ4v) is 4.92. The molecule has 0 spiro atoms. The van der Waals surface area contributed by atoms with E-state index in [9.17, 15) is 14.3 Å². The number of aromatic amines is 1. The molecule has 0 saturated carbocycles. The van der Waals surface area contributed by atoms with E-state index in [1.165, 1.54) is 12.1 Å². The number of halogens is 1. The predicted octanol–water partition coefficient (Wildman–Crippen LogP) is 1.25. The molecule has 3 N–H and O–H groups in total. The highest BCUT2D eigenvalue weighted by Gasteiger charge is 2.33. The van der Waals surface area contributed by atoms with E-state index >= 15 is 0 Å². The number of aliphatic hydroxyl groups excluding tert-OH is 1. The van der Waals surface area contributed by atoms with E-state index in [1.807, 2.05) is 12.1 Å². The van der Waals surface area contributed by atoms with Crippen LogP contribution in [0.1, 0.15) is 36.8 Å². The van der Waals surface area contributed by atoms with Gasteiger partial charge in [-0.05, 0) is 40.3 Å². The smallest absolute Gasteiger partial charge is 0.257 e. The van der Waals surface area contributed by atoms with E-state index in [1.54, 1.807) is 22.9 Å². The second-order valence-corrected chi connectivity index (χ2v) is 9.56. The highest BCUT2D eigenvalue weighted by atomic mass is 19.1. The third-order valence-electron chi connectivity index (χ3n) is 6.62. The second-order valence-electron chi connectivity index (χ2n) is 9.56. The first-order chi connectivity index (χ1) is 17.9. The van der Waals surface area contributed by atoms with E-state index in [-0.39, 0.29) is 29.9 Å². The van der Waals surface area contributed by atoms with Gasteiger partial charge in [0.1, 0.15) is 32.1 Å². The molecule has 2 aromatic heterocycles. The van der Waals surface area contributed by atoms with Crippen LogP contribution >= 0.6 is 0 Å². The molecule has 0 saturated heterocycles. The zero-order chi connectivity index (χ0) is 25.9. The van der Waals surface area contributed by atoms with E-state index in [0.717, 1.165) is 15.8 Å². The molecule has 2 atom stereocenters. The third kappa shape index (κ3) is 5.32. The summed E-state index contributed by atoms with van der Waals surface area (Å²) in [5.74, 6) is 1.69. The topological polar surface area (TPSA) is 120 Å². The van der Waals surface area contributed by atoms with Crippen LogP contribution in [0.2, 0.25) is 0 Å². The molecule has 1 aliphatic heterocycles. The lowest BCUT2D eigenvalue weighted by molar-refractivity contribution is -0.950. The number of hydrogen-bond donors (Lipinski definition) is 3. The molecule has 0 amide bonds. The maximum absolute atomic E-state index is 13.4. The standard InChI is InChI=1S/C26H29FN6O4/c1-16(2)24(25-29-30-31-33(25)14-17-3-5-20(27)6-4-17)32(7-8-34)15-19-11-18-12-22-23(37-10-9-36-22)13-21(18)28-26(19)35/h3-6,11-13,16,24,34H,7-10,14-15H2,1-2H3,(H,28,35)/p+1/t24-/m1/s1. The number of H-pyrrole nitrogens is 1. The molecule has 0 radical (unpaired) electrons. The Morgan fingerprint density at radius 3 is 2.57 bits per heavy atom. The van der Waals surface area contributed by atoms with Crippen molar-refractivity contribution in [1.29, 1.82) is 0 Å². The number of fused-ring (bicyclic) bond motifs is 2. The fourth-order valence-electron chi connectivity index (χ4n) is 4.92. The maximum atomic E-state index is 13.4. The van der Waals surface area contributed by atoms with Crippen LogP contribution in [0.25, 0.3) is 10.9 Å². The molecule has 10 nitrogen and oxygen atoms in total. The number of rotatable bonds is 9. The number of nitrogens with zero attached hydrogens (tertiary/aromatic N) is 4. The number of aliphatic hydroxyl groups is 1. The average Bonchev–Trinajstić information content (AvgIpc) is 3.32. The van der Waals surface area contributed by atoms with Crippen molar-refractivity contribution in [2.24, 2.45) is 5.92 Å². The van der Waals surface area contributed by atoms with E-state index in [4.69, 9.17) is 9.47 Å². The number of hydrogen-bond acceptors (Lipinski definition) is 7. The summed E-state index contributed by atoms with van der Waals surface area (Å²) in [7, 11) is 0. The Bertz CT molecular complexity index is 1440. The minimum atomic E-state index is -0.306. The third-order valence-corrected chi connectivity index (χ3v) is 6.62. The summed E-state index contributed by atoms with van der Waals surface area (Å²) in [6.07, 6.45) is 0. The van der Waals surface area contributed by atoms with Crippen molar-refractivity contribution in [2.75, 3.05) is 26.4 Å². The van der Waals surface area contributed by atoms with Crippen molar-refractivity contribution in [1.82, 2.24) is 25.2 Å². The number of nitrogens with one attached hydrogen (secondary N) is 2. The van der Waals surface area contributed by atoms with Crippen LogP contribution in [0.5, 0.6) is 11.5 Å². The molecule has 0 fully saturated rings. The lowest BCUT2D eigenvalue weighted by atomic mass is 10.00. The van der Waals surface area contributed by atoms with Gasteiger partial charge in [0.2, 0.25) is 5.82 Å².